The maximum atomic E-state index is 11.5. The highest BCUT2D eigenvalue weighted by molar-refractivity contribution is 7.94. The van der Waals surface area contributed by atoms with Crippen molar-refractivity contribution in [1.29, 1.82) is 0 Å². The van der Waals surface area contributed by atoms with E-state index in [1.54, 1.807) is 13.2 Å². The Morgan fingerprint density at radius 2 is 2.26 bits per heavy atom. The van der Waals surface area contributed by atoms with Gasteiger partial charge in [0.25, 0.3) is 0 Å². The Hall–Kier alpha value is -1.60. The summed E-state index contributed by atoms with van der Waals surface area (Å²) in [5, 5.41) is 1.25. The number of benzene rings is 1. The number of fused-ring (bicyclic) bond motifs is 1. The van der Waals surface area contributed by atoms with Gasteiger partial charge in [0, 0.05) is 11.5 Å². The molecule has 2 heterocycles. The molecule has 0 bridgehead atoms. The number of methoxy groups -OCH3 is 1. The largest absolute Gasteiger partial charge is 0.497 e. The van der Waals surface area contributed by atoms with Crippen molar-refractivity contribution in [1.82, 2.24) is 9.55 Å². The zero-order valence-electron chi connectivity index (χ0n) is 10.2. The van der Waals surface area contributed by atoms with Crippen LogP contribution in [0.4, 0.5) is 0 Å². The second-order valence-electron chi connectivity index (χ2n) is 4.41. The Labute approximate surface area is 115 Å². The normalized spacial score (nSPS) is 21.0. The molecule has 100 valence electrons. The molecule has 0 fully saturated rings. The standard InChI is InChI=1S/C12H12N2O3S2/c1-17-9-2-3-11-10(6-9)13-12(18)14(11)8-4-5-19(15,16)7-8/h2-6,8H,7H2,1H3,(H,13,18). The second kappa shape index (κ2) is 4.21. The lowest BCUT2D eigenvalue weighted by atomic mass is 10.2. The molecule has 1 aromatic heterocycles. The first-order valence-electron chi connectivity index (χ1n) is 5.69. The van der Waals surface area contributed by atoms with Gasteiger partial charge in [0.15, 0.2) is 14.6 Å². The SMILES string of the molecule is COc1ccc2c(c1)[nH]c(=S)n2C1C=CS(=O)(=O)C1. The van der Waals surface area contributed by atoms with Gasteiger partial charge in [-0.15, -0.1) is 0 Å². The lowest BCUT2D eigenvalue weighted by molar-refractivity contribution is 0.415. The molecule has 1 aromatic carbocycles. The lowest BCUT2D eigenvalue weighted by Crippen LogP contribution is -2.11. The van der Waals surface area contributed by atoms with Crippen LogP contribution in [-0.2, 0) is 9.84 Å². The molecule has 19 heavy (non-hydrogen) atoms. The molecular formula is C12H12N2O3S2. The summed E-state index contributed by atoms with van der Waals surface area (Å²) in [6.07, 6.45) is 1.67. The van der Waals surface area contributed by atoms with Crippen molar-refractivity contribution in [3.05, 3.63) is 34.5 Å². The van der Waals surface area contributed by atoms with Crippen molar-refractivity contribution in [3.63, 3.8) is 0 Å². The molecular weight excluding hydrogens is 284 g/mol. The molecule has 0 amide bonds. The predicted molar refractivity (Wildman–Crippen MR) is 75.6 cm³/mol. The average molecular weight is 296 g/mol. The van der Waals surface area contributed by atoms with Crippen molar-refractivity contribution in [2.24, 2.45) is 0 Å². The summed E-state index contributed by atoms with van der Waals surface area (Å²) in [5.41, 5.74) is 1.71. The topological polar surface area (TPSA) is 64.1 Å². The maximum Gasteiger partial charge on any atom is 0.178 e. The third-order valence-corrected chi connectivity index (χ3v) is 4.84. The van der Waals surface area contributed by atoms with Crippen molar-refractivity contribution < 1.29 is 13.2 Å². The zero-order chi connectivity index (χ0) is 13.6. The fourth-order valence-corrected chi connectivity index (χ4v) is 3.90. The number of H-pyrrole nitrogens is 1. The van der Waals surface area contributed by atoms with Gasteiger partial charge in [-0.1, -0.05) is 0 Å². The monoisotopic (exact) mass is 296 g/mol. The van der Waals surface area contributed by atoms with Crippen LogP contribution in [0.1, 0.15) is 6.04 Å². The van der Waals surface area contributed by atoms with E-state index in [1.165, 1.54) is 5.41 Å². The van der Waals surface area contributed by atoms with Crippen LogP contribution in [0.2, 0.25) is 0 Å². The molecule has 1 aliphatic rings. The van der Waals surface area contributed by atoms with Gasteiger partial charge < -0.3 is 14.3 Å². The smallest absolute Gasteiger partial charge is 0.178 e. The third kappa shape index (κ3) is 2.08. The van der Waals surface area contributed by atoms with E-state index in [2.05, 4.69) is 4.98 Å². The van der Waals surface area contributed by atoms with Crippen LogP contribution < -0.4 is 4.74 Å². The van der Waals surface area contributed by atoms with Gasteiger partial charge >= 0.3 is 0 Å². The molecule has 0 spiro atoms. The molecule has 1 unspecified atom stereocenters. The summed E-state index contributed by atoms with van der Waals surface area (Å²) in [6.45, 7) is 0. The highest BCUT2D eigenvalue weighted by Crippen LogP contribution is 2.27. The molecule has 2 aromatic rings. The number of nitrogens with zero attached hydrogens (tertiary/aromatic N) is 1. The van der Waals surface area contributed by atoms with E-state index in [4.69, 9.17) is 17.0 Å². The second-order valence-corrected chi connectivity index (χ2v) is 6.73. The number of nitrogens with one attached hydrogen (secondary N) is 1. The number of allylic oxidation sites excluding steroid dienone is 1. The fraction of sp³-hybridized carbons (Fsp3) is 0.250. The fourth-order valence-electron chi connectivity index (χ4n) is 2.29. The number of rotatable bonds is 2. The van der Waals surface area contributed by atoms with Gasteiger partial charge in [0.2, 0.25) is 0 Å². The van der Waals surface area contributed by atoms with Gasteiger partial charge in [-0.25, -0.2) is 8.42 Å². The first kappa shape index (κ1) is 12.4. The summed E-state index contributed by atoms with van der Waals surface area (Å²) >= 11 is 5.28. The van der Waals surface area contributed by atoms with E-state index in [9.17, 15) is 8.42 Å². The van der Waals surface area contributed by atoms with Gasteiger partial charge in [0.05, 0.1) is 29.9 Å². The van der Waals surface area contributed by atoms with Gasteiger partial charge in [-0.3, -0.25) is 0 Å². The van der Waals surface area contributed by atoms with Crippen LogP contribution in [0.3, 0.4) is 0 Å². The van der Waals surface area contributed by atoms with Crippen molar-refractivity contribution in [2.75, 3.05) is 12.9 Å². The van der Waals surface area contributed by atoms with E-state index in [0.717, 1.165) is 16.8 Å². The van der Waals surface area contributed by atoms with E-state index < -0.39 is 9.84 Å². The van der Waals surface area contributed by atoms with Crippen LogP contribution in [0.15, 0.2) is 29.7 Å². The number of aromatic amines is 1. The first-order chi connectivity index (χ1) is 9.00. The molecule has 1 aliphatic heterocycles. The third-order valence-electron chi connectivity index (χ3n) is 3.17. The minimum Gasteiger partial charge on any atom is -0.497 e. The summed E-state index contributed by atoms with van der Waals surface area (Å²) in [5.74, 6) is 0.783. The number of hydrogen-bond donors (Lipinski definition) is 1. The number of aromatic nitrogens is 2. The molecule has 3 rings (SSSR count). The predicted octanol–water partition coefficient (Wildman–Crippen LogP) is 2.19. The van der Waals surface area contributed by atoms with Crippen LogP contribution in [0.25, 0.3) is 11.0 Å². The van der Waals surface area contributed by atoms with Crippen LogP contribution in [0.5, 0.6) is 5.75 Å². The summed E-state index contributed by atoms with van der Waals surface area (Å²) < 4.78 is 30.5. The number of ether oxygens (including phenoxy) is 1. The molecule has 1 atom stereocenters. The highest BCUT2D eigenvalue weighted by Gasteiger charge is 2.25. The Bertz CT molecular complexity index is 830. The average Bonchev–Trinajstić information content (AvgIpc) is 2.86. The molecule has 0 saturated heterocycles. The van der Waals surface area contributed by atoms with E-state index in [1.807, 2.05) is 22.8 Å². The van der Waals surface area contributed by atoms with Crippen LogP contribution >= 0.6 is 12.2 Å². The molecule has 0 radical (unpaired) electrons. The van der Waals surface area contributed by atoms with Crippen molar-refractivity contribution in [3.8, 4) is 5.75 Å². The Morgan fingerprint density at radius 3 is 2.89 bits per heavy atom. The zero-order valence-corrected chi connectivity index (χ0v) is 11.8. The lowest BCUT2D eigenvalue weighted by Gasteiger charge is -2.10. The summed E-state index contributed by atoms with van der Waals surface area (Å²) in [7, 11) is -1.51. The Morgan fingerprint density at radius 1 is 1.47 bits per heavy atom. The highest BCUT2D eigenvalue weighted by atomic mass is 32.2. The molecule has 7 heteroatoms. The first-order valence-corrected chi connectivity index (χ1v) is 7.82. The van der Waals surface area contributed by atoms with Gasteiger partial charge in [-0.05, 0) is 30.4 Å². The number of imidazole rings is 1. The van der Waals surface area contributed by atoms with E-state index >= 15 is 0 Å². The maximum absolute atomic E-state index is 11.5. The number of hydrogen-bond acceptors (Lipinski definition) is 4. The van der Waals surface area contributed by atoms with Gasteiger partial charge in [-0.2, -0.15) is 0 Å². The van der Waals surface area contributed by atoms with Gasteiger partial charge in [0.1, 0.15) is 5.75 Å². The van der Waals surface area contributed by atoms with E-state index in [-0.39, 0.29) is 11.8 Å². The van der Waals surface area contributed by atoms with E-state index in [0.29, 0.717) is 4.77 Å². The quantitative estimate of drug-likeness (QED) is 0.863. The minimum absolute atomic E-state index is 0.0558. The summed E-state index contributed by atoms with van der Waals surface area (Å²) in [4.78, 5) is 3.08. The molecule has 0 aliphatic carbocycles. The Balaban J connectivity index is 2.17. The van der Waals surface area contributed by atoms with Crippen LogP contribution in [0, 0.1) is 4.77 Å². The summed E-state index contributed by atoms with van der Waals surface area (Å²) in [6, 6.07) is 5.29. The van der Waals surface area contributed by atoms with Crippen molar-refractivity contribution >= 4 is 33.1 Å². The minimum atomic E-state index is -3.11. The number of sulfone groups is 1. The molecule has 0 saturated carbocycles. The molecule has 1 N–H and O–H groups in total. The Kier molecular flexibility index (Phi) is 2.75. The van der Waals surface area contributed by atoms with Crippen molar-refractivity contribution in [2.45, 2.75) is 6.04 Å². The van der Waals surface area contributed by atoms with Crippen LogP contribution in [-0.4, -0.2) is 30.8 Å². The molecule has 5 nitrogen and oxygen atoms in total.